The molecule has 302 valence electrons. The minimum absolute atomic E-state index is 0.0360. The number of aliphatic carboxylic acids is 1. The van der Waals surface area contributed by atoms with Gasteiger partial charge in [0.2, 0.25) is 0 Å². The Labute approximate surface area is 314 Å². The van der Waals surface area contributed by atoms with Gasteiger partial charge in [0.25, 0.3) is 0 Å². The van der Waals surface area contributed by atoms with Crippen molar-refractivity contribution < 1.29 is 59.5 Å². The molecule has 7 N–H and O–H groups in total. The van der Waals surface area contributed by atoms with Crippen LogP contribution in [-0.4, -0.2) is 116 Å². The molecular weight excluding hydrogens is 684 g/mol. The average molecular weight is 751 g/mol. The SMILES string of the molecule is CC1OC(OC2C(OC3CC[C@]4(C)[C@H]5CC=C6[C@H]7CC(C)(C)CC[C@]7(C(=O)O)CC[C@@]6(C)[C@]5(C)CC[C@@H]4[C@]3(C)CO)OCC(O)C2O)C(O)C(O)C1O. The average Bonchev–Trinajstić information content (AvgIpc) is 3.10. The predicted octanol–water partition coefficient (Wildman–Crippen LogP) is 3.52. The minimum atomic E-state index is -1.62. The summed E-state index contributed by atoms with van der Waals surface area (Å²) in [7, 11) is 0. The van der Waals surface area contributed by atoms with Crippen LogP contribution in [0, 0.1) is 50.2 Å². The Morgan fingerprint density at radius 1 is 0.830 bits per heavy atom. The van der Waals surface area contributed by atoms with Crippen LogP contribution in [-0.2, 0) is 23.7 Å². The molecule has 0 spiro atoms. The summed E-state index contributed by atoms with van der Waals surface area (Å²) in [5.74, 6) is -0.194. The Bertz CT molecular complexity index is 1440. The molecule has 12 nitrogen and oxygen atoms in total. The van der Waals surface area contributed by atoms with Gasteiger partial charge in [-0.25, -0.2) is 0 Å². The smallest absolute Gasteiger partial charge is 0.310 e. The lowest BCUT2D eigenvalue weighted by atomic mass is 9.33. The van der Waals surface area contributed by atoms with E-state index in [2.05, 4.69) is 47.6 Å². The number of fused-ring (bicyclic) bond motifs is 7. The highest BCUT2D eigenvalue weighted by Crippen LogP contribution is 2.76. The van der Waals surface area contributed by atoms with Crippen molar-refractivity contribution >= 4 is 5.97 Å². The maximum atomic E-state index is 13.0. The monoisotopic (exact) mass is 750 g/mol. The van der Waals surface area contributed by atoms with E-state index in [-0.39, 0.29) is 46.7 Å². The van der Waals surface area contributed by atoms with Gasteiger partial charge in [-0.05, 0) is 111 Å². The van der Waals surface area contributed by atoms with Crippen molar-refractivity contribution in [2.75, 3.05) is 13.2 Å². The molecule has 2 aliphatic heterocycles. The van der Waals surface area contributed by atoms with E-state index in [0.717, 1.165) is 51.4 Å². The molecule has 12 heteroatoms. The van der Waals surface area contributed by atoms with Gasteiger partial charge in [0.1, 0.15) is 36.6 Å². The van der Waals surface area contributed by atoms with Crippen LogP contribution in [0.1, 0.15) is 113 Å². The van der Waals surface area contributed by atoms with Gasteiger partial charge >= 0.3 is 5.97 Å². The zero-order chi connectivity index (χ0) is 38.7. The largest absolute Gasteiger partial charge is 0.481 e. The van der Waals surface area contributed by atoms with Crippen molar-refractivity contribution in [3.63, 3.8) is 0 Å². The molecule has 7 aliphatic rings. The summed E-state index contributed by atoms with van der Waals surface area (Å²) in [6.45, 7) is 15.1. The first-order chi connectivity index (χ1) is 24.7. The number of carboxylic acid groups (broad SMARTS) is 1. The van der Waals surface area contributed by atoms with Crippen LogP contribution in [0.2, 0.25) is 0 Å². The third-order valence-electron chi connectivity index (χ3n) is 17.0. The molecule has 0 bridgehead atoms. The summed E-state index contributed by atoms with van der Waals surface area (Å²) in [4.78, 5) is 13.0. The molecule has 2 heterocycles. The fourth-order valence-corrected chi connectivity index (χ4v) is 13.3. The zero-order valence-electron chi connectivity index (χ0n) is 32.7. The first-order valence-corrected chi connectivity index (χ1v) is 20.2. The first kappa shape index (κ1) is 40.0. The second-order valence-corrected chi connectivity index (χ2v) is 20.0. The molecule has 7 rings (SSSR count). The highest BCUT2D eigenvalue weighted by Gasteiger charge is 2.70. The first-order valence-electron chi connectivity index (χ1n) is 20.2. The van der Waals surface area contributed by atoms with Crippen LogP contribution in [0.25, 0.3) is 0 Å². The predicted molar refractivity (Wildman–Crippen MR) is 192 cm³/mol. The number of hydrogen-bond donors (Lipinski definition) is 7. The summed E-state index contributed by atoms with van der Waals surface area (Å²) in [5, 5.41) is 74.9. The van der Waals surface area contributed by atoms with E-state index >= 15 is 0 Å². The molecule has 6 fully saturated rings. The van der Waals surface area contributed by atoms with Gasteiger partial charge in [-0.3, -0.25) is 4.79 Å². The van der Waals surface area contributed by atoms with Gasteiger partial charge in [-0.15, -0.1) is 0 Å². The number of aliphatic hydroxyl groups excluding tert-OH is 6. The molecule has 2 saturated heterocycles. The fourth-order valence-electron chi connectivity index (χ4n) is 13.3. The number of carboxylic acids is 1. The Kier molecular flexibility index (Phi) is 10.2. The molecule has 10 unspecified atom stereocenters. The molecule has 53 heavy (non-hydrogen) atoms. The summed E-state index contributed by atoms with van der Waals surface area (Å²) in [6, 6.07) is 0. The van der Waals surface area contributed by atoms with Crippen LogP contribution >= 0.6 is 0 Å². The number of allylic oxidation sites excluding steroid dienone is 2. The highest BCUT2D eigenvalue weighted by atomic mass is 16.8. The minimum Gasteiger partial charge on any atom is -0.481 e. The second kappa shape index (κ2) is 13.5. The number of aliphatic hydroxyl groups is 6. The van der Waals surface area contributed by atoms with Gasteiger partial charge in [-0.1, -0.05) is 53.2 Å². The number of ether oxygens (including phenoxy) is 4. The van der Waals surface area contributed by atoms with Crippen LogP contribution < -0.4 is 0 Å². The molecule has 5 aliphatic carbocycles. The third-order valence-corrected chi connectivity index (χ3v) is 17.0. The van der Waals surface area contributed by atoms with Crippen LogP contribution in [0.15, 0.2) is 11.6 Å². The van der Waals surface area contributed by atoms with Crippen LogP contribution in [0.3, 0.4) is 0 Å². The summed E-state index contributed by atoms with van der Waals surface area (Å²) in [5.41, 5.74) is -0.239. The molecule has 0 aromatic carbocycles. The number of rotatable bonds is 6. The fraction of sp³-hybridized carbons (Fsp3) is 0.927. The standard InChI is InChI=1S/C41H66O12/c1-21-28(44)30(46)31(47)33(51-21)53-32-29(45)24(43)19-50-34(32)52-27-11-12-37(4)25(38(27,5)20-42)10-13-40(7)26(37)9-8-22-23-18-36(2,3)14-16-41(23,35(48)49)17-15-39(22,40)6/h8,21,23-34,42-47H,9-20H2,1-7H3,(H,48,49)/t21?,23-,24?,25+,26-,27?,28?,29?,30?,31?,32?,33?,34?,37+,38+,39-,40-,41+/m1/s1. The summed E-state index contributed by atoms with van der Waals surface area (Å²) < 4.78 is 24.3. The van der Waals surface area contributed by atoms with E-state index in [4.69, 9.17) is 18.9 Å². The van der Waals surface area contributed by atoms with E-state index in [0.29, 0.717) is 18.8 Å². The summed E-state index contributed by atoms with van der Waals surface area (Å²) >= 11 is 0. The Hall–Kier alpha value is -1.19. The lowest BCUT2D eigenvalue weighted by Gasteiger charge is -2.71. The van der Waals surface area contributed by atoms with Crippen molar-refractivity contribution in [3.05, 3.63) is 11.6 Å². The van der Waals surface area contributed by atoms with E-state index in [1.165, 1.54) is 12.5 Å². The van der Waals surface area contributed by atoms with Crippen LogP contribution in [0.4, 0.5) is 0 Å². The van der Waals surface area contributed by atoms with Crippen molar-refractivity contribution in [2.24, 2.45) is 50.2 Å². The van der Waals surface area contributed by atoms with Crippen molar-refractivity contribution in [2.45, 2.75) is 174 Å². The van der Waals surface area contributed by atoms with E-state index in [1.807, 2.05) is 0 Å². The Balaban J connectivity index is 1.15. The van der Waals surface area contributed by atoms with Gasteiger partial charge in [0.15, 0.2) is 12.6 Å². The van der Waals surface area contributed by atoms with Crippen LogP contribution in [0.5, 0.6) is 0 Å². The maximum absolute atomic E-state index is 13.0. The molecule has 18 atom stereocenters. The number of hydrogen-bond acceptors (Lipinski definition) is 11. The molecule has 0 amide bonds. The molecule has 0 aromatic rings. The molecular formula is C41H66O12. The Morgan fingerprint density at radius 3 is 2.21 bits per heavy atom. The van der Waals surface area contributed by atoms with E-state index < -0.39 is 78.2 Å². The van der Waals surface area contributed by atoms with Crippen molar-refractivity contribution in [1.29, 1.82) is 0 Å². The van der Waals surface area contributed by atoms with Gasteiger partial charge in [0.05, 0.1) is 30.8 Å². The zero-order valence-corrected chi connectivity index (χ0v) is 32.7. The quantitative estimate of drug-likeness (QED) is 0.155. The second-order valence-electron chi connectivity index (χ2n) is 20.0. The van der Waals surface area contributed by atoms with Crippen molar-refractivity contribution in [1.82, 2.24) is 0 Å². The lowest BCUT2D eigenvalue weighted by Crippen LogP contribution is -2.67. The maximum Gasteiger partial charge on any atom is 0.310 e. The highest BCUT2D eigenvalue weighted by molar-refractivity contribution is 5.76. The molecule has 0 aromatic heterocycles. The van der Waals surface area contributed by atoms with Gasteiger partial charge in [-0.2, -0.15) is 0 Å². The van der Waals surface area contributed by atoms with Gasteiger partial charge < -0.3 is 54.7 Å². The van der Waals surface area contributed by atoms with E-state index in [1.54, 1.807) is 0 Å². The summed E-state index contributed by atoms with van der Waals surface area (Å²) in [6.07, 6.45) is -1.79. The number of carbonyl (C=O) groups is 1. The Morgan fingerprint density at radius 2 is 1.53 bits per heavy atom. The van der Waals surface area contributed by atoms with E-state index in [9.17, 15) is 40.5 Å². The van der Waals surface area contributed by atoms with Gasteiger partial charge in [0, 0.05) is 5.41 Å². The lowest BCUT2D eigenvalue weighted by molar-refractivity contribution is -0.365. The third kappa shape index (κ3) is 5.85. The normalized spacial score (nSPS) is 55.1. The van der Waals surface area contributed by atoms with Crippen molar-refractivity contribution in [3.8, 4) is 0 Å². The molecule has 4 saturated carbocycles. The molecule has 0 radical (unpaired) electrons. The topological polar surface area (TPSA) is 196 Å².